The predicted octanol–water partition coefficient (Wildman–Crippen LogP) is 3.36. The smallest absolute Gasteiger partial charge is 0.372 e. The standard InChI is InChI=1S/C10H11BrF3NOS/c1-15-4-5-7-6(2-3-16-5)17-9(11)8(7)10(12,13)14/h5,15H,2-4H2,1H3. The van der Waals surface area contributed by atoms with Gasteiger partial charge in [-0.1, -0.05) is 0 Å². The van der Waals surface area contributed by atoms with Crippen molar-refractivity contribution in [3.8, 4) is 0 Å². The molecular formula is C10H11BrF3NOS. The Labute approximate surface area is 109 Å². The van der Waals surface area contributed by atoms with Crippen molar-refractivity contribution in [2.75, 3.05) is 20.2 Å². The zero-order valence-corrected chi connectivity index (χ0v) is 11.4. The quantitative estimate of drug-likeness (QED) is 0.898. The number of likely N-dealkylation sites (N-methyl/N-ethyl adjacent to an activating group) is 1. The van der Waals surface area contributed by atoms with Crippen molar-refractivity contribution >= 4 is 27.3 Å². The Morgan fingerprint density at radius 3 is 2.82 bits per heavy atom. The van der Waals surface area contributed by atoms with E-state index in [1.807, 2.05) is 0 Å². The summed E-state index contributed by atoms with van der Waals surface area (Å²) in [5.41, 5.74) is -0.271. The fourth-order valence-electron chi connectivity index (χ4n) is 1.97. The van der Waals surface area contributed by atoms with Crippen molar-refractivity contribution in [1.82, 2.24) is 5.32 Å². The lowest BCUT2D eigenvalue weighted by molar-refractivity contribution is -0.140. The molecule has 0 aromatic carbocycles. The number of nitrogens with one attached hydrogen (secondary N) is 1. The zero-order chi connectivity index (χ0) is 12.6. The van der Waals surface area contributed by atoms with E-state index in [-0.39, 0.29) is 3.79 Å². The van der Waals surface area contributed by atoms with Gasteiger partial charge in [-0.2, -0.15) is 13.2 Å². The van der Waals surface area contributed by atoms with Crippen molar-refractivity contribution in [2.45, 2.75) is 18.7 Å². The molecule has 0 bridgehead atoms. The number of halogens is 4. The summed E-state index contributed by atoms with van der Waals surface area (Å²) in [5.74, 6) is 0. The van der Waals surface area contributed by atoms with Crippen molar-refractivity contribution in [3.05, 3.63) is 19.8 Å². The normalized spacial score (nSPS) is 20.4. The van der Waals surface area contributed by atoms with Crippen LogP contribution in [0.5, 0.6) is 0 Å². The Kier molecular flexibility index (Phi) is 3.82. The van der Waals surface area contributed by atoms with Crippen LogP contribution in [0, 0.1) is 0 Å². The highest BCUT2D eigenvalue weighted by Crippen LogP contribution is 2.48. The molecule has 0 saturated heterocycles. The first-order valence-corrected chi connectivity index (χ1v) is 6.70. The van der Waals surface area contributed by atoms with Crippen molar-refractivity contribution in [2.24, 2.45) is 0 Å². The van der Waals surface area contributed by atoms with Crippen LogP contribution >= 0.6 is 27.3 Å². The summed E-state index contributed by atoms with van der Waals surface area (Å²) in [6.07, 6.45) is -4.30. The molecule has 0 radical (unpaired) electrons. The van der Waals surface area contributed by atoms with E-state index >= 15 is 0 Å². The molecule has 0 saturated carbocycles. The van der Waals surface area contributed by atoms with Crippen LogP contribution in [0.3, 0.4) is 0 Å². The van der Waals surface area contributed by atoms with Crippen LogP contribution in [0.15, 0.2) is 3.79 Å². The van der Waals surface area contributed by atoms with Gasteiger partial charge in [0.15, 0.2) is 0 Å². The second kappa shape index (κ2) is 4.87. The molecule has 96 valence electrons. The summed E-state index contributed by atoms with van der Waals surface area (Å²) in [6, 6.07) is 0. The van der Waals surface area contributed by atoms with Crippen LogP contribution in [0.2, 0.25) is 0 Å². The molecule has 1 aliphatic heterocycles. The minimum Gasteiger partial charge on any atom is -0.372 e. The average molecular weight is 330 g/mol. The van der Waals surface area contributed by atoms with Gasteiger partial charge in [-0.05, 0) is 23.0 Å². The molecule has 1 atom stereocenters. The third-order valence-electron chi connectivity index (χ3n) is 2.62. The first-order valence-electron chi connectivity index (χ1n) is 5.09. The summed E-state index contributed by atoms with van der Waals surface area (Å²) in [5, 5.41) is 2.86. The van der Waals surface area contributed by atoms with Gasteiger partial charge >= 0.3 is 6.18 Å². The second-order valence-electron chi connectivity index (χ2n) is 3.75. The minimum atomic E-state index is -4.34. The molecule has 0 fully saturated rings. The Balaban J connectivity index is 2.50. The van der Waals surface area contributed by atoms with Crippen molar-refractivity contribution in [1.29, 1.82) is 0 Å². The number of hydrogen-bond acceptors (Lipinski definition) is 3. The number of fused-ring (bicyclic) bond motifs is 1. The van der Waals surface area contributed by atoms with E-state index in [4.69, 9.17) is 4.74 Å². The van der Waals surface area contributed by atoms with Crippen LogP contribution in [-0.4, -0.2) is 20.2 Å². The highest BCUT2D eigenvalue weighted by Gasteiger charge is 2.42. The van der Waals surface area contributed by atoms with E-state index in [2.05, 4.69) is 21.2 Å². The molecule has 2 nitrogen and oxygen atoms in total. The summed E-state index contributed by atoms with van der Waals surface area (Å²) < 4.78 is 44.5. The topological polar surface area (TPSA) is 21.3 Å². The minimum absolute atomic E-state index is 0.154. The number of rotatable bonds is 2. The molecule has 0 spiro atoms. The first kappa shape index (κ1) is 13.3. The lowest BCUT2D eigenvalue weighted by atomic mass is 10.0. The van der Waals surface area contributed by atoms with Gasteiger partial charge in [0.2, 0.25) is 0 Å². The summed E-state index contributed by atoms with van der Waals surface area (Å²) in [4.78, 5) is 0.774. The van der Waals surface area contributed by atoms with E-state index in [1.54, 1.807) is 7.05 Å². The SMILES string of the molecule is CNCC1OCCc2sc(Br)c(C(F)(F)F)c21. The molecule has 0 amide bonds. The molecular weight excluding hydrogens is 319 g/mol. The average Bonchev–Trinajstić information content (AvgIpc) is 2.54. The Morgan fingerprint density at radius 1 is 1.53 bits per heavy atom. The summed E-state index contributed by atoms with van der Waals surface area (Å²) >= 11 is 4.18. The Bertz CT molecular complexity index is 418. The lowest BCUT2D eigenvalue weighted by Crippen LogP contribution is -2.26. The first-order chi connectivity index (χ1) is 7.95. The molecule has 0 aliphatic carbocycles. The van der Waals surface area contributed by atoms with Gasteiger partial charge in [-0.25, -0.2) is 0 Å². The van der Waals surface area contributed by atoms with Crippen molar-refractivity contribution in [3.63, 3.8) is 0 Å². The number of ether oxygens (including phenoxy) is 1. The third kappa shape index (κ3) is 2.52. The molecule has 2 heterocycles. The van der Waals surface area contributed by atoms with E-state index in [1.165, 1.54) is 0 Å². The molecule has 1 aliphatic rings. The van der Waals surface area contributed by atoms with Gasteiger partial charge in [-0.3, -0.25) is 0 Å². The third-order valence-corrected chi connectivity index (χ3v) is 4.56. The summed E-state index contributed by atoms with van der Waals surface area (Å²) in [6.45, 7) is 0.864. The maximum Gasteiger partial charge on any atom is 0.418 e. The van der Waals surface area contributed by atoms with E-state index in [9.17, 15) is 13.2 Å². The van der Waals surface area contributed by atoms with E-state index in [0.717, 1.165) is 16.2 Å². The molecule has 2 rings (SSSR count). The van der Waals surface area contributed by atoms with Crippen LogP contribution in [0.25, 0.3) is 0 Å². The molecule has 1 unspecified atom stereocenters. The maximum atomic E-state index is 13.0. The van der Waals surface area contributed by atoms with Gasteiger partial charge in [0, 0.05) is 23.4 Å². The van der Waals surface area contributed by atoms with E-state index in [0.29, 0.717) is 25.1 Å². The molecule has 1 aromatic rings. The largest absolute Gasteiger partial charge is 0.418 e. The van der Waals surface area contributed by atoms with Gasteiger partial charge < -0.3 is 10.1 Å². The van der Waals surface area contributed by atoms with E-state index < -0.39 is 17.8 Å². The van der Waals surface area contributed by atoms with Gasteiger partial charge in [0.05, 0.1) is 22.1 Å². The molecule has 7 heteroatoms. The maximum absolute atomic E-state index is 13.0. The van der Waals surface area contributed by atoms with Gasteiger partial charge in [-0.15, -0.1) is 11.3 Å². The fraction of sp³-hybridized carbons (Fsp3) is 0.600. The highest BCUT2D eigenvalue weighted by atomic mass is 79.9. The Hall–Kier alpha value is -0.110. The van der Waals surface area contributed by atoms with Gasteiger partial charge in [0.1, 0.15) is 0 Å². The van der Waals surface area contributed by atoms with Crippen molar-refractivity contribution < 1.29 is 17.9 Å². The number of alkyl halides is 3. The number of thiophene rings is 1. The van der Waals surface area contributed by atoms with Crippen LogP contribution in [0.4, 0.5) is 13.2 Å². The van der Waals surface area contributed by atoms with Crippen LogP contribution < -0.4 is 5.32 Å². The highest BCUT2D eigenvalue weighted by molar-refractivity contribution is 9.11. The zero-order valence-electron chi connectivity index (χ0n) is 9.03. The monoisotopic (exact) mass is 329 g/mol. The van der Waals surface area contributed by atoms with Gasteiger partial charge in [0.25, 0.3) is 0 Å². The number of hydrogen-bond donors (Lipinski definition) is 1. The second-order valence-corrected chi connectivity index (χ2v) is 6.18. The summed E-state index contributed by atoms with van der Waals surface area (Å²) in [7, 11) is 1.70. The van der Waals surface area contributed by atoms with Crippen LogP contribution in [-0.2, 0) is 17.3 Å². The predicted molar refractivity (Wildman–Crippen MR) is 63.3 cm³/mol. The molecule has 17 heavy (non-hydrogen) atoms. The molecule has 1 N–H and O–H groups in total. The van der Waals surface area contributed by atoms with Crippen LogP contribution in [0.1, 0.15) is 22.1 Å². The molecule has 1 aromatic heterocycles. The Morgan fingerprint density at radius 2 is 2.24 bits per heavy atom. The fourth-order valence-corrected chi connectivity index (χ4v) is 4.07. The lowest BCUT2D eigenvalue weighted by Gasteiger charge is -2.25.